The van der Waals surface area contributed by atoms with E-state index in [2.05, 4.69) is 37.8 Å². The molecule has 0 saturated carbocycles. The third kappa shape index (κ3) is 9.89. The maximum absolute atomic E-state index is 4.36. The molecular weight excluding hydrogens is 150 g/mol. The molecule has 0 unspecified atom stereocenters. The van der Waals surface area contributed by atoms with Crippen LogP contribution in [0.5, 0.6) is 0 Å². The van der Waals surface area contributed by atoms with Crippen molar-refractivity contribution in [3.63, 3.8) is 0 Å². The lowest BCUT2D eigenvalue weighted by Crippen LogP contribution is -2.19. The second-order valence-corrected chi connectivity index (χ2v) is 9.74. The minimum atomic E-state index is -0.867. The Labute approximate surface area is 71.9 Å². The lowest BCUT2D eigenvalue weighted by Gasteiger charge is -2.10. The quantitative estimate of drug-likeness (QED) is 0.342. The van der Waals surface area contributed by atoms with Gasteiger partial charge in [0.05, 0.1) is 0 Å². The zero-order chi connectivity index (χ0) is 8.74. The van der Waals surface area contributed by atoms with Gasteiger partial charge in [0.15, 0.2) is 0 Å². The summed E-state index contributed by atoms with van der Waals surface area (Å²) in [5, 5.41) is 0. The van der Waals surface area contributed by atoms with E-state index in [0.29, 0.717) is 0 Å². The fraction of sp³-hybridized carbons (Fsp3) is 0.889. The van der Waals surface area contributed by atoms with Gasteiger partial charge < -0.3 is 0 Å². The van der Waals surface area contributed by atoms with Crippen molar-refractivity contribution >= 4 is 14.3 Å². The highest BCUT2D eigenvalue weighted by molar-refractivity contribution is 6.78. The Hall–Kier alpha value is -0.113. The van der Waals surface area contributed by atoms with Gasteiger partial charge in [-0.2, -0.15) is 0 Å². The molecule has 11 heavy (non-hydrogen) atoms. The van der Waals surface area contributed by atoms with E-state index >= 15 is 0 Å². The van der Waals surface area contributed by atoms with Crippen molar-refractivity contribution in [3.8, 4) is 0 Å². The molecule has 66 valence electrons. The van der Waals surface area contributed by atoms with E-state index < -0.39 is 8.07 Å². The molecule has 0 amide bonds. The highest BCUT2D eigenvalue weighted by atomic mass is 28.3. The van der Waals surface area contributed by atoms with Crippen molar-refractivity contribution in [1.82, 2.24) is 0 Å². The Morgan fingerprint density at radius 3 is 2.36 bits per heavy atom. The Balaban J connectivity index is 3.30. The first-order chi connectivity index (χ1) is 5.06. The molecule has 0 fully saturated rings. The summed E-state index contributed by atoms with van der Waals surface area (Å²) in [5.74, 6) is 0. The first kappa shape index (κ1) is 10.9. The fourth-order valence-corrected chi connectivity index (χ4v) is 1.36. The molecule has 0 aliphatic heterocycles. The van der Waals surface area contributed by atoms with E-state index in [1.165, 1.54) is 18.9 Å². The third-order valence-electron chi connectivity index (χ3n) is 1.47. The molecule has 0 aromatic heterocycles. The van der Waals surface area contributed by atoms with Crippen molar-refractivity contribution in [3.05, 3.63) is 0 Å². The molecule has 2 heteroatoms. The van der Waals surface area contributed by atoms with Gasteiger partial charge in [-0.25, -0.2) is 0 Å². The number of rotatable bonds is 5. The van der Waals surface area contributed by atoms with Gasteiger partial charge in [0.25, 0.3) is 0 Å². The molecule has 0 aromatic carbocycles. The fourth-order valence-electron chi connectivity index (χ4n) is 0.679. The Morgan fingerprint density at radius 1 is 1.27 bits per heavy atom. The van der Waals surface area contributed by atoms with Crippen LogP contribution in [0.4, 0.5) is 0 Å². The molecule has 0 aliphatic carbocycles. The highest BCUT2D eigenvalue weighted by Crippen LogP contribution is 2.04. The van der Waals surface area contributed by atoms with Crippen molar-refractivity contribution in [2.75, 3.05) is 6.54 Å². The van der Waals surface area contributed by atoms with E-state index in [-0.39, 0.29) is 0 Å². The van der Waals surface area contributed by atoms with Crippen LogP contribution in [0.3, 0.4) is 0 Å². The van der Waals surface area contributed by atoms with Crippen LogP contribution in [-0.4, -0.2) is 20.8 Å². The van der Waals surface area contributed by atoms with Crippen LogP contribution in [0.15, 0.2) is 4.99 Å². The van der Waals surface area contributed by atoms with E-state index in [9.17, 15) is 0 Å². The topological polar surface area (TPSA) is 12.4 Å². The van der Waals surface area contributed by atoms with Gasteiger partial charge in [-0.05, 0) is 18.7 Å². The van der Waals surface area contributed by atoms with E-state index in [1.54, 1.807) is 0 Å². The first-order valence-electron chi connectivity index (χ1n) is 4.54. The van der Waals surface area contributed by atoms with Gasteiger partial charge in [-0.15, -0.1) is 0 Å². The van der Waals surface area contributed by atoms with Gasteiger partial charge in [-0.3, -0.25) is 4.99 Å². The van der Waals surface area contributed by atoms with E-state index in [0.717, 1.165) is 6.54 Å². The van der Waals surface area contributed by atoms with Crippen LogP contribution >= 0.6 is 0 Å². The molecule has 0 N–H and O–H groups in total. The average molecular weight is 171 g/mol. The number of aliphatic imine (C=N–C) groups is 1. The van der Waals surface area contributed by atoms with Crippen LogP contribution in [0.1, 0.15) is 19.8 Å². The summed E-state index contributed by atoms with van der Waals surface area (Å²) in [5.41, 5.74) is 0. The van der Waals surface area contributed by atoms with Crippen LogP contribution in [-0.2, 0) is 0 Å². The first-order valence-corrected chi connectivity index (χ1v) is 8.25. The Morgan fingerprint density at radius 2 is 1.91 bits per heavy atom. The van der Waals surface area contributed by atoms with Gasteiger partial charge in [0, 0.05) is 14.6 Å². The largest absolute Gasteiger partial charge is 0.298 e. The molecular formula is C9H21NSi. The predicted octanol–water partition coefficient (Wildman–Crippen LogP) is 3.20. The van der Waals surface area contributed by atoms with E-state index in [1.807, 2.05) is 0 Å². The van der Waals surface area contributed by atoms with Crippen LogP contribution in [0.2, 0.25) is 25.7 Å². The lowest BCUT2D eigenvalue weighted by molar-refractivity contribution is 0.810. The maximum atomic E-state index is 4.36. The Bertz CT molecular complexity index is 113. The summed E-state index contributed by atoms with van der Waals surface area (Å²) < 4.78 is 0. The lowest BCUT2D eigenvalue weighted by atomic mass is 10.3. The molecule has 0 heterocycles. The second-order valence-electron chi connectivity index (χ2n) is 4.21. The average Bonchev–Trinajstić information content (AvgIpc) is 1.85. The SMILES string of the molecule is CCCCN=CC[Si](C)(C)C. The molecule has 0 aliphatic rings. The predicted molar refractivity (Wildman–Crippen MR) is 56.4 cm³/mol. The minimum Gasteiger partial charge on any atom is -0.298 e. The monoisotopic (exact) mass is 171 g/mol. The molecule has 0 aromatic rings. The van der Waals surface area contributed by atoms with Gasteiger partial charge in [-0.1, -0.05) is 33.0 Å². The summed E-state index contributed by atoms with van der Waals surface area (Å²) in [6, 6.07) is 1.23. The van der Waals surface area contributed by atoms with Crippen molar-refractivity contribution in [2.24, 2.45) is 4.99 Å². The molecule has 1 nitrogen and oxygen atoms in total. The summed E-state index contributed by atoms with van der Waals surface area (Å²) in [4.78, 5) is 4.36. The number of unbranched alkanes of at least 4 members (excludes halogenated alkanes) is 1. The highest BCUT2D eigenvalue weighted by Gasteiger charge is 2.09. The van der Waals surface area contributed by atoms with Crippen molar-refractivity contribution < 1.29 is 0 Å². The number of nitrogens with zero attached hydrogens (tertiary/aromatic N) is 1. The summed E-state index contributed by atoms with van der Waals surface area (Å²) in [6.07, 6.45) is 4.62. The minimum absolute atomic E-state index is 0.867. The van der Waals surface area contributed by atoms with Crippen LogP contribution in [0.25, 0.3) is 0 Å². The molecule has 0 spiro atoms. The molecule has 0 bridgehead atoms. The molecule has 0 atom stereocenters. The number of hydrogen-bond donors (Lipinski definition) is 0. The normalized spacial score (nSPS) is 12.7. The van der Waals surface area contributed by atoms with E-state index in [4.69, 9.17) is 0 Å². The molecule has 0 radical (unpaired) electrons. The van der Waals surface area contributed by atoms with Crippen LogP contribution < -0.4 is 0 Å². The summed E-state index contributed by atoms with van der Waals surface area (Å²) in [6.45, 7) is 10.4. The zero-order valence-corrected chi connectivity index (χ0v) is 9.35. The molecule has 0 saturated heterocycles. The summed E-state index contributed by atoms with van der Waals surface area (Å²) in [7, 11) is -0.867. The standard InChI is InChI=1S/C9H21NSi/c1-5-6-7-10-8-9-11(2,3)4/h8H,5-7,9H2,1-4H3. The van der Waals surface area contributed by atoms with Gasteiger partial charge >= 0.3 is 0 Å². The number of hydrogen-bond acceptors (Lipinski definition) is 1. The zero-order valence-electron chi connectivity index (χ0n) is 8.35. The van der Waals surface area contributed by atoms with Gasteiger partial charge in [0.2, 0.25) is 0 Å². The molecule has 0 rings (SSSR count). The van der Waals surface area contributed by atoms with Crippen molar-refractivity contribution in [1.29, 1.82) is 0 Å². The smallest absolute Gasteiger partial charge is 0.0498 e. The second kappa shape index (κ2) is 5.53. The van der Waals surface area contributed by atoms with Crippen LogP contribution in [0, 0.1) is 0 Å². The van der Waals surface area contributed by atoms with Gasteiger partial charge in [0.1, 0.15) is 0 Å². The Kier molecular flexibility index (Phi) is 5.47. The summed E-state index contributed by atoms with van der Waals surface area (Å²) >= 11 is 0. The third-order valence-corrected chi connectivity index (χ3v) is 2.88. The van der Waals surface area contributed by atoms with Crippen molar-refractivity contribution in [2.45, 2.75) is 45.5 Å². The maximum Gasteiger partial charge on any atom is 0.0498 e.